The van der Waals surface area contributed by atoms with E-state index in [1.54, 1.807) is 0 Å². The summed E-state index contributed by atoms with van der Waals surface area (Å²) in [5.41, 5.74) is 5.18. The van der Waals surface area contributed by atoms with E-state index in [-0.39, 0.29) is 23.0 Å². The van der Waals surface area contributed by atoms with Crippen molar-refractivity contribution in [2.24, 2.45) is 10.8 Å². The molecule has 5 aliphatic rings. The molecule has 2 saturated heterocycles. The average molecular weight is 533 g/mol. The van der Waals surface area contributed by atoms with E-state index in [1.165, 1.54) is 11.3 Å². The molecule has 0 N–H and O–H groups in total. The summed E-state index contributed by atoms with van der Waals surface area (Å²) in [6.45, 7) is 23.8. The molecule has 0 saturated carbocycles. The van der Waals surface area contributed by atoms with Gasteiger partial charge in [0, 0.05) is 25.4 Å². The maximum Gasteiger partial charge on any atom is 0.163 e. The summed E-state index contributed by atoms with van der Waals surface area (Å²) in [6, 6.07) is 0.255. The van der Waals surface area contributed by atoms with Gasteiger partial charge in [0.05, 0.1) is 36.1 Å². The van der Waals surface area contributed by atoms with Gasteiger partial charge in [0.1, 0.15) is 24.2 Å². The lowest BCUT2D eigenvalue weighted by Crippen LogP contribution is -2.54. The minimum atomic E-state index is -0.566. The molecule has 0 aromatic carbocycles. The molecule has 3 unspecified atom stereocenters. The van der Waals surface area contributed by atoms with Crippen molar-refractivity contribution in [1.82, 2.24) is 9.80 Å². The van der Waals surface area contributed by atoms with Gasteiger partial charge in [-0.15, -0.1) is 0 Å². The second-order valence-electron chi connectivity index (χ2n) is 12.6. The Balaban J connectivity index is 1.53. The van der Waals surface area contributed by atoms with E-state index in [9.17, 15) is 0 Å². The quantitative estimate of drug-likeness (QED) is 0.293. The SMILES string of the molecule is C=C1C=C2/C(=C3\C=CC=C(OCC4COC(C)(C)O4)C34C=CC4)N(C)CC(C(C)(C)C)N2C=C1C(=C)OCC. The van der Waals surface area contributed by atoms with Crippen molar-refractivity contribution in [2.75, 3.05) is 33.4 Å². The zero-order chi connectivity index (χ0) is 28.2. The first kappa shape index (κ1) is 27.6. The summed E-state index contributed by atoms with van der Waals surface area (Å²) < 4.78 is 24.1. The molecule has 5 rings (SSSR count). The third-order valence-electron chi connectivity index (χ3n) is 8.25. The van der Waals surface area contributed by atoms with Crippen LogP contribution >= 0.6 is 0 Å². The summed E-state index contributed by atoms with van der Waals surface area (Å²) in [4.78, 5) is 4.83. The highest BCUT2D eigenvalue weighted by Crippen LogP contribution is 2.54. The fraction of sp³-hybridized carbons (Fsp3) is 0.515. The second-order valence-corrected chi connectivity index (χ2v) is 12.6. The zero-order valence-electron chi connectivity index (χ0n) is 24.7. The molecular formula is C33H44N2O4. The molecule has 3 heterocycles. The van der Waals surface area contributed by atoms with Gasteiger partial charge in [0.15, 0.2) is 5.79 Å². The summed E-state index contributed by atoms with van der Waals surface area (Å²) in [6.07, 6.45) is 16.2. The monoisotopic (exact) mass is 532 g/mol. The number of ether oxygens (including phenoxy) is 4. The van der Waals surface area contributed by atoms with Crippen LogP contribution in [0.15, 0.2) is 95.4 Å². The van der Waals surface area contributed by atoms with Crippen LogP contribution in [0.4, 0.5) is 0 Å². The second kappa shape index (κ2) is 9.90. The number of allylic oxidation sites excluding steroid dienone is 7. The third kappa shape index (κ3) is 4.93. The highest BCUT2D eigenvalue weighted by molar-refractivity contribution is 5.60. The molecule has 3 atom stereocenters. The Morgan fingerprint density at radius 3 is 2.59 bits per heavy atom. The molecule has 0 amide bonds. The van der Waals surface area contributed by atoms with Gasteiger partial charge in [-0.05, 0) is 55.9 Å². The van der Waals surface area contributed by atoms with E-state index >= 15 is 0 Å². The van der Waals surface area contributed by atoms with Crippen molar-refractivity contribution in [3.63, 3.8) is 0 Å². The van der Waals surface area contributed by atoms with Gasteiger partial charge in [-0.2, -0.15) is 0 Å². The molecule has 1 spiro atoms. The third-order valence-corrected chi connectivity index (χ3v) is 8.25. The number of likely N-dealkylation sites (N-methyl/N-ethyl adjacent to an activating group) is 1. The Morgan fingerprint density at radius 2 is 2.00 bits per heavy atom. The number of hydrogen-bond acceptors (Lipinski definition) is 6. The van der Waals surface area contributed by atoms with Crippen LogP contribution in [0, 0.1) is 10.8 Å². The van der Waals surface area contributed by atoms with Gasteiger partial charge in [-0.3, -0.25) is 0 Å². The van der Waals surface area contributed by atoms with Crippen LogP contribution in [0.3, 0.4) is 0 Å². The van der Waals surface area contributed by atoms with Gasteiger partial charge >= 0.3 is 0 Å². The Hall–Kier alpha value is -2.96. The number of fused-ring (bicyclic) bond motifs is 1. The highest BCUT2D eigenvalue weighted by atomic mass is 16.7. The Morgan fingerprint density at radius 1 is 1.26 bits per heavy atom. The molecular weight excluding hydrogens is 488 g/mol. The van der Waals surface area contributed by atoms with Gasteiger partial charge in [-0.25, -0.2) is 0 Å². The smallest absolute Gasteiger partial charge is 0.163 e. The summed E-state index contributed by atoms with van der Waals surface area (Å²) >= 11 is 0. The lowest BCUT2D eigenvalue weighted by molar-refractivity contribution is -0.143. The van der Waals surface area contributed by atoms with E-state index in [0.29, 0.717) is 25.6 Å². The average Bonchev–Trinajstić information content (AvgIpc) is 3.18. The van der Waals surface area contributed by atoms with Crippen molar-refractivity contribution < 1.29 is 18.9 Å². The predicted molar refractivity (Wildman–Crippen MR) is 155 cm³/mol. The normalized spacial score (nSPS) is 31.5. The van der Waals surface area contributed by atoms with E-state index in [4.69, 9.17) is 18.9 Å². The van der Waals surface area contributed by atoms with Gasteiger partial charge in [0.25, 0.3) is 0 Å². The van der Waals surface area contributed by atoms with Crippen molar-refractivity contribution in [1.29, 1.82) is 0 Å². The van der Waals surface area contributed by atoms with Crippen LogP contribution in [0.1, 0.15) is 48.0 Å². The summed E-state index contributed by atoms with van der Waals surface area (Å²) in [7, 11) is 2.20. The maximum atomic E-state index is 6.49. The summed E-state index contributed by atoms with van der Waals surface area (Å²) in [5.74, 6) is 1.05. The van der Waals surface area contributed by atoms with Crippen molar-refractivity contribution >= 4 is 0 Å². The van der Waals surface area contributed by atoms with E-state index in [0.717, 1.165) is 35.6 Å². The zero-order valence-corrected chi connectivity index (χ0v) is 24.7. The molecule has 2 fully saturated rings. The first-order valence-corrected chi connectivity index (χ1v) is 14.1. The Kier molecular flexibility index (Phi) is 7.01. The number of nitrogens with zero attached hydrogens (tertiary/aromatic N) is 2. The first-order valence-electron chi connectivity index (χ1n) is 14.1. The molecule has 210 valence electrons. The lowest BCUT2D eigenvalue weighted by Gasteiger charge is -2.52. The standard InChI is InChI=1S/C33H44N2O4/c1-10-36-23(3)25-18-35-27(17-22(25)2)30(34(9)19-28(35)31(4,5)6)26-13-11-14-29(33(26)15-12-16-33)37-20-24-21-38-32(7,8)39-24/h11-15,17-18,24,28H,2-3,10,16,19-21H2,1,4-9H3/b30-26-. The number of hydrogen-bond donors (Lipinski definition) is 0. The van der Waals surface area contributed by atoms with Crippen molar-refractivity contribution in [3.8, 4) is 0 Å². The fourth-order valence-corrected chi connectivity index (χ4v) is 6.12. The molecule has 6 heteroatoms. The molecule has 39 heavy (non-hydrogen) atoms. The Labute approximate surface area is 234 Å². The largest absolute Gasteiger partial charge is 0.494 e. The van der Waals surface area contributed by atoms with E-state index in [1.807, 2.05) is 20.8 Å². The van der Waals surface area contributed by atoms with Crippen LogP contribution in [-0.2, 0) is 18.9 Å². The Bertz CT molecular complexity index is 1240. The molecule has 3 aliphatic heterocycles. The van der Waals surface area contributed by atoms with Crippen LogP contribution < -0.4 is 0 Å². The fourth-order valence-electron chi connectivity index (χ4n) is 6.12. The van der Waals surface area contributed by atoms with Gasteiger partial charge in [0.2, 0.25) is 0 Å². The minimum absolute atomic E-state index is 0.0402. The van der Waals surface area contributed by atoms with Crippen LogP contribution in [0.5, 0.6) is 0 Å². The molecule has 0 aromatic heterocycles. The summed E-state index contributed by atoms with van der Waals surface area (Å²) in [5, 5.41) is 0. The first-order chi connectivity index (χ1) is 18.4. The number of piperazine rings is 1. The lowest BCUT2D eigenvalue weighted by atomic mass is 9.65. The van der Waals surface area contributed by atoms with E-state index < -0.39 is 5.79 Å². The molecule has 6 nitrogen and oxygen atoms in total. The van der Waals surface area contributed by atoms with Crippen molar-refractivity contribution in [3.05, 3.63) is 95.4 Å². The highest BCUT2D eigenvalue weighted by Gasteiger charge is 2.48. The number of rotatable bonds is 6. The molecule has 2 aliphatic carbocycles. The van der Waals surface area contributed by atoms with Gasteiger partial charge < -0.3 is 28.7 Å². The van der Waals surface area contributed by atoms with Crippen molar-refractivity contribution in [2.45, 2.75) is 65.9 Å². The maximum absolute atomic E-state index is 6.49. The van der Waals surface area contributed by atoms with Crippen LogP contribution in [0.2, 0.25) is 0 Å². The molecule has 0 aromatic rings. The van der Waals surface area contributed by atoms with E-state index in [2.05, 4.69) is 93.4 Å². The minimum Gasteiger partial charge on any atom is -0.494 e. The predicted octanol–water partition coefficient (Wildman–Crippen LogP) is 6.36. The molecule has 0 bridgehead atoms. The van der Waals surface area contributed by atoms with Crippen LogP contribution in [-0.4, -0.2) is 61.1 Å². The van der Waals surface area contributed by atoms with Crippen LogP contribution in [0.25, 0.3) is 0 Å². The topological polar surface area (TPSA) is 43.4 Å². The van der Waals surface area contributed by atoms with Gasteiger partial charge in [-0.1, -0.05) is 58.2 Å². The molecule has 0 radical (unpaired) electrons.